The normalized spacial score (nSPS) is 10.3. The Morgan fingerprint density at radius 2 is 2.21 bits per heavy atom. The number of carbonyl (C=O) groups excluding carboxylic acids is 1. The highest BCUT2D eigenvalue weighted by Gasteiger charge is 2.05. The number of aliphatic hydroxyl groups is 1. The van der Waals surface area contributed by atoms with Gasteiger partial charge in [0.15, 0.2) is 0 Å². The molecule has 1 rings (SSSR count). The number of hydrogen-bond donors (Lipinski definition) is 2. The first-order valence-corrected chi connectivity index (χ1v) is 6.75. The molecule has 0 aliphatic rings. The van der Waals surface area contributed by atoms with Gasteiger partial charge in [0.25, 0.3) is 0 Å². The van der Waals surface area contributed by atoms with E-state index in [1.165, 1.54) is 0 Å². The molecule has 0 saturated carbocycles. The summed E-state index contributed by atoms with van der Waals surface area (Å²) in [6, 6.07) is 5.53. The van der Waals surface area contributed by atoms with Gasteiger partial charge in [0, 0.05) is 19.6 Å². The Kier molecular flexibility index (Phi) is 7.30. The fourth-order valence-corrected chi connectivity index (χ4v) is 1.96. The number of methoxy groups -OCH3 is 1. The number of halogens is 1. The quantitative estimate of drug-likeness (QED) is 0.720. The first-order valence-electron chi connectivity index (χ1n) is 6.37. The maximum atomic E-state index is 11.6. The van der Waals surface area contributed by atoms with Crippen LogP contribution in [0.3, 0.4) is 0 Å². The van der Waals surface area contributed by atoms with Gasteiger partial charge < -0.3 is 15.2 Å². The van der Waals surface area contributed by atoms with Gasteiger partial charge >= 0.3 is 0 Å². The maximum Gasteiger partial charge on any atom is 0.220 e. The van der Waals surface area contributed by atoms with E-state index in [0.29, 0.717) is 36.6 Å². The second kappa shape index (κ2) is 8.77. The highest BCUT2D eigenvalue weighted by molar-refractivity contribution is 6.32. The van der Waals surface area contributed by atoms with Crippen LogP contribution in [-0.4, -0.2) is 31.3 Å². The van der Waals surface area contributed by atoms with E-state index in [1.54, 1.807) is 13.2 Å². The second-order valence-electron chi connectivity index (χ2n) is 4.25. The minimum Gasteiger partial charge on any atom is -0.495 e. The Bertz CT molecular complexity index is 410. The molecule has 106 valence electrons. The maximum absolute atomic E-state index is 11.6. The molecule has 0 fully saturated rings. The predicted octanol–water partition coefficient (Wildman–Crippen LogP) is 2.17. The summed E-state index contributed by atoms with van der Waals surface area (Å²) in [4.78, 5) is 11.6. The Morgan fingerprint density at radius 3 is 2.84 bits per heavy atom. The number of benzene rings is 1. The molecule has 0 aliphatic heterocycles. The van der Waals surface area contributed by atoms with Crippen LogP contribution in [0.25, 0.3) is 0 Å². The van der Waals surface area contributed by atoms with Crippen molar-refractivity contribution in [2.75, 3.05) is 20.3 Å². The second-order valence-corrected chi connectivity index (χ2v) is 4.66. The van der Waals surface area contributed by atoms with Crippen molar-refractivity contribution >= 4 is 17.5 Å². The van der Waals surface area contributed by atoms with Crippen molar-refractivity contribution in [3.05, 3.63) is 28.8 Å². The van der Waals surface area contributed by atoms with E-state index in [-0.39, 0.29) is 12.5 Å². The molecule has 1 aromatic rings. The van der Waals surface area contributed by atoms with Crippen LogP contribution in [-0.2, 0) is 11.2 Å². The first-order chi connectivity index (χ1) is 9.17. The third-order valence-corrected chi connectivity index (χ3v) is 3.06. The first kappa shape index (κ1) is 15.8. The Hall–Kier alpha value is -1.26. The van der Waals surface area contributed by atoms with Crippen LogP contribution in [0.15, 0.2) is 18.2 Å². The smallest absolute Gasteiger partial charge is 0.220 e. The molecule has 1 amide bonds. The highest BCUT2D eigenvalue weighted by Crippen LogP contribution is 2.25. The summed E-state index contributed by atoms with van der Waals surface area (Å²) < 4.78 is 5.07. The average molecular weight is 286 g/mol. The van der Waals surface area contributed by atoms with Crippen LogP contribution in [0.4, 0.5) is 0 Å². The summed E-state index contributed by atoms with van der Waals surface area (Å²) in [7, 11) is 1.57. The number of aliphatic hydroxyl groups excluding tert-OH is 1. The molecule has 1 aromatic carbocycles. The third-order valence-electron chi connectivity index (χ3n) is 2.76. The number of hydrogen-bond acceptors (Lipinski definition) is 3. The Labute approximate surface area is 118 Å². The van der Waals surface area contributed by atoms with E-state index in [0.717, 1.165) is 12.0 Å². The van der Waals surface area contributed by atoms with Gasteiger partial charge in [-0.1, -0.05) is 17.7 Å². The van der Waals surface area contributed by atoms with Gasteiger partial charge in [-0.25, -0.2) is 0 Å². The van der Waals surface area contributed by atoms with Crippen LogP contribution in [0, 0.1) is 0 Å². The Balaban J connectivity index is 2.32. The number of nitrogens with one attached hydrogen (secondary N) is 1. The lowest BCUT2D eigenvalue weighted by atomic mass is 10.1. The van der Waals surface area contributed by atoms with Crippen molar-refractivity contribution in [1.82, 2.24) is 5.32 Å². The fourth-order valence-electron chi connectivity index (χ4n) is 1.68. The van der Waals surface area contributed by atoms with Crippen LogP contribution in [0.2, 0.25) is 5.02 Å². The van der Waals surface area contributed by atoms with Crippen molar-refractivity contribution in [3.8, 4) is 5.75 Å². The molecular weight excluding hydrogens is 266 g/mol. The summed E-state index contributed by atoms with van der Waals surface area (Å²) in [5.74, 6) is 0.656. The van der Waals surface area contributed by atoms with Gasteiger partial charge in [-0.3, -0.25) is 4.79 Å². The van der Waals surface area contributed by atoms with E-state index in [2.05, 4.69) is 5.32 Å². The number of ether oxygens (including phenoxy) is 1. The number of carbonyl (C=O) groups is 1. The van der Waals surface area contributed by atoms with Gasteiger partial charge in [-0.05, 0) is 37.0 Å². The predicted molar refractivity (Wildman–Crippen MR) is 75.7 cm³/mol. The lowest BCUT2D eigenvalue weighted by Crippen LogP contribution is -2.24. The number of rotatable bonds is 8. The molecule has 0 heterocycles. The van der Waals surface area contributed by atoms with Crippen molar-refractivity contribution in [1.29, 1.82) is 0 Å². The Morgan fingerprint density at radius 1 is 1.42 bits per heavy atom. The van der Waals surface area contributed by atoms with E-state index in [1.807, 2.05) is 12.1 Å². The van der Waals surface area contributed by atoms with Crippen LogP contribution < -0.4 is 10.1 Å². The van der Waals surface area contributed by atoms with E-state index in [9.17, 15) is 4.79 Å². The monoisotopic (exact) mass is 285 g/mol. The van der Waals surface area contributed by atoms with Gasteiger partial charge in [0.05, 0.1) is 12.1 Å². The third kappa shape index (κ3) is 5.94. The lowest BCUT2D eigenvalue weighted by molar-refractivity contribution is -0.121. The lowest BCUT2D eigenvalue weighted by Gasteiger charge is -2.07. The van der Waals surface area contributed by atoms with E-state index >= 15 is 0 Å². The zero-order chi connectivity index (χ0) is 14.1. The summed E-state index contributed by atoms with van der Waals surface area (Å²) >= 11 is 6.01. The molecule has 0 spiro atoms. The summed E-state index contributed by atoms with van der Waals surface area (Å²) in [5.41, 5.74) is 1.01. The largest absolute Gasteiger partial charge is 0.495 e. The topological polar surface area (TPSA) is 58.6 Å². The molecule has 0 aliphatic carbocycles. The molecule has 0 bridgehead atoms. The van der Waals surface area contributed by atoms with Crippen LogP contribution in [0.1, 0.15) is 24.8 Å². The van der Waals surface area contributed by atoms with Crippen molar-refractivity contribution in [3.63, 3.8) is 0 Å². The van der Waals surface area contributed by atoms with Gasteiger partial charge in [-0.2, -0.15) is 0 Å². The molecule has 0 saturated heterocycles. The minimum absolute atomic E-state index is 0.0184. The minimum atomic E-state index is 0.0184. The highest BCUT2D eigenvalue weighted by atomic mass is 35.5. The molecule has 19 heavy (non-hydrogen) atoms. The van der Waals surface area contributed by atoms with E-state index in [4.69, 9.17) is 21.4 Å². The van der Waals surface area contributed by atoms with Gasteiger partial charge in [-0.15, -0.1) is 0 Å². The summed E-state index contributed by atoms with van der Waals surface area (Å²) in [6.07, 6.45) is 2.60. The number of amides is 1. The van der Waals surface area contributed by atoms with Crippen molar-refractivity contribution < 1.29 is 14.6 Å². The summed E-state index contributed by atoms with van der Waals surface area (Å²) in [5, 5.41) is 12.0. The molecule has 0 radical (unpaired) electrons. The molecule has 0 unspecified atom stereocenters. The van der Waals surface area contributed by atoms with E-state index < -0.39 is 0 Å². The van der Waals surface area contributed by atoms with Gasteiger partial charge in [0.2, 0.25) is 5.91 Å². The molecule has 2 N–H and O–H groups in total. The van der Waals surface area contributed by atoms with Crippen LogP contribution in [0.5, 0.6) is 5.75 Å². The number of aryl methyl sites for hydroxylation is 1. The SMILES string of the molecule is COc1ccc(CCC(=O)NCCCCO)cc1Cl. The van der Waals surface area contributed by atoms with Gasteiger partial charge in [0.1, 0.15) is 5.75 Å². The summed E-state index contributed by atoms with van der Waals surface area (Å²) in [6.45, 7) is 0.781. The fraction of sp³-hybridized carbons (Fsp3) is 0.500. The zero-order valence-electron chi connectivity index (χ0n) is 11.1. The van der Waals surface area contributed by atoms with Crippen molar-refractivity contribution in [2.45, 2.75) is 25.7 Å². The molecule has 5 heteroatoms. The van der Waals surface area contributed by atoms with Crippen LogP contribution >= 0.6 is 11.6 Å². The standard InChI is InChI=1S/C14H20ClNO3/c1-19-13-6-4-11(10-12(13)15)5-7-14(18)16-8-2-3-9-17/h4,6,10,17H,2-3,5,7-9H2,1H3,(H,16,18). The number of unbranched alkanes of at least 4 members (excludes halogenated alkanes) is 1. The molecule has 0 atom stereocenters. The molecular formula is C14H20ClNO3. The zero-order valence-corrected chi connectivity index (χ0v) is 11.9. The molecule has 0 aromatic heterocycles. The molecule has 4 nitrogen and oxygen atoms in total. The van der Waals surface area contributed by atoms with Crippen molar-refractivity contribution in [2.24, 2.45) is 0 Å². The average Bonchev–Trinajstić information content (AvgIpc) is 2.41.